The van der Waals surface area contributed by atoms with Crippen LogP contribution in [0.2, 0.25) is 0 Å². The molecule has 12 heteroatoms. The SMILES string of the molecule is Cn1cnnc1C(F)C1(c2cccc(N3C(=O)c4cccc(C(F)(F)F)c4[C@@H]3CN3CC(C)(CO)C3)c2)COC1. The molecule has 3 aliphatic rings. The standard InChI is InChI=1S/C28H29F4N5O3/c1-26(13-38)11-36(12-26)10-21-22-19(7-4-8-20(22)28(30,31)32)25(39)37(21)18-6-3-5-17(9-18)27(14-40-15-27)23(29)24-34-33-16-35(24)2/h3-9,16,21,23,38H,10-15H2,1-2H3/t21-,23?/m0/s1. The Morgan fingerprint density at radius 1 is 1.18 bits per heavy atom. The van der Waals surface area contributed by atoms with Crippen molar-refractivity contribution in [2.24, 2.45) is 12.5 Å². The molecule has 1 N–H and O–H groups in total. The van der Waals surface area contributed by atoms with Gasteiger partial charge in [0.05, 0.1) is 36.8 Å². The molecule has 2 aromatic carbocycles. The molecule has 3 aliphatic heterocycles. The summed E-state index contributed by atoms with van der Waals surface area (Å²) < 4.78 is 65.4. The van der Waals surface area contributed by atoms with Gasteiger partial charge in [-0.3, -0.25) is 14.6 Å². The van der Waals surface area contributed by atoms with Crippen LogP contribution in [0.1, 0.15) is 52.0 Å². The molecule has 1 aromatic heterocycles. The van der Waals surface area contributed by atoms with E-state index in [9.17, 15) is 23.1 Å². The number of likely N-dealkylation sites (tertiary alicyclic amines) is 1. The number of hydrogen-bond acceptors (Lipinski definition) is 6. The number of benzene rings is 2. The van der Waals surface area contributed by atoms with Gasteiger partial charge in [-0.05, 0) is 29.8 Å². The quantitative estimate of drug-likeness (QED) is 0.443. The topological polar surface area (TPSA) is 83.7 Å². The molecular formula is C28H29F4N5O3. The zero-order valence-electron chi connectivity index (χ0n) is 22.0. The number of alkyl halides is 4. The predicted octanol–water partition coefficient (Wildman–Crippen LogP) is 3.83. The van der Waals surface area contributed by atoms with Crippen LogP contribution in [0.3, 0.4) is 0 Å². The summed E-state index contributed by atoms with van der Waals surface area (Å²) in [6.45, 7) is 3.17. The highest BCUT2D eigenvalue weighted by Gasteiger charge is 2.52. The van der Waals surface area contributed by atoms with Gasteiger partial charge in [-0.2, -0.15) is 13.2 Å². The summed E-state index contributed by atoms with van der Waals surface area (Å²) in [7, 11) is 1.64. The Kier molecular flexibility index (Phi) is 6.28. The van der Waals surface area contributed by atoms with E-state index in [1.165, 1.54) is 27.9 Å². The molecule has 0 saturated carbocycles. The predicted molar refractivity (Wildman–Crippen MR) is 136 cm³/mol. The van der Waals surface area contributed by atoms with E-state index in [1.807, 2.05) is 11.8 Å². The summed E-state index contributed by atoms with van der Waals surface area (Å²) in [6.07, 6.45) is -4.80. The molecular weight excluding hydrogens is 530 g/mol. The van der Waals surface area contributed by atoms with E-state index in [4.69, 9.17) is 4.74 Å². The van der Waals surface area contributed by atoms with Crippen molar-refractivity contribution in [1.29, 1.82) is 0 Å². The van der Waals surface area contributed by atoms with Gasteiger partial charge >= 0.3 is 6.18 Å². The molecule has 0 bridgehead atoms. The summed E-state index contributed by atoms with van der Waals surface area (Å²) in [5.41, 5.74) is -1.40. The van der Waals surface area contributed by atoms with Crippen LogP contribution >= 0.6 is 0 Å². The van der Waals surface area contributed by atoms with Crippen LogP contribution < -0.4 is 4.90 Å². The maximum Gasteiger partial charge on any atom is 0.416 e. The van der Waals surface area contributed by atoms with Crippen LogP contribution in [0.5, 0.6) is 0 Å². The first-order valence-corrected chi connectivity index (χ1v) is 13.0. The Morgan fingerprint density at radius 3 is 2.50 bits per heavy atom. The highest BCUT2D eigenvalue weighted by atomic mass is 19.4. The van der Waals surface area contributed by atoms with E-state index >= 15 is 4.39 Å². The van der Waals surface area contributed by atoms with E-state index in [0.717, 1.165) is 6.07 Å². The van der Waals surface area contributed by atoms with Gasteiger partial charge in [0.15, 0.2) is 12.0 Å². The molecule has 0 spiro atoms. The Hall–Kier alpha value is -3.35. The zero-order valence-corrected chi connectivity index (χ0v) is 22.0. The van der Waals surface area contributed by atoms with Crippen molar-refractivity contribution in [3.8, 4) is 0 Å². The molecule has 6 rings (SSSR count). The van der Waals surface area contributed by atoms with Crippen molar-refractivity contribution in [3.63, 3.8) is 0 Å². The highest BCUT2D eigenvalue weighted by Crippen LogP contribution is 2.49. The number of halogens is 4. The van der Waals surface area contributed by atoms with E-state index in [0.29, 0.717) is 24.3 Å². The smallest absolute Gasteiger partial charge is 0.396 e. The number of hydrogen-bond donors (Lipinski definition) is 1. The fourth-order valence-electron chi connectivity index (χ4n) is 6.25. The molecule has 3 aromatic rings. The molecule has 1 amide bonds. The van der Waals surface area contributed by atoms with Crippen molar-refractivity contribution in [2.45, 2.75) is 30.7 Å². The van der Waals surface area contributed by atoms with Crippen LogP contribution in [0.4, 0.5) is 23.2 Å². The summed E-state index contributed by atoms with van der Waals surface area (Å²) >= 11 is 0. The summed E-state index contributed by atoms with van der Waals surface area (Å²) in [5, 5.41) is 17.4. The third-order valence-corrected chi connectivity index (χ3v) is 8.41. The molecule has 2 atom stereocenters. The molecule has 2 fully saturated rings. The van der Waals surface area contributed by atoms with Crippen LogP contribution in [0, 0.1) is 5.41 Å². The number of fused-ring (bicyclic) bond motifs is 1. The Balaban J connectivity index is 1.41. The van der Waals surface area contributed by atoms with Crippen LogP contribution in [-0.2, 0) is 23.4 Å². The van der Waals surface area contributed by atoms with Crippen LogP contribution in [0.15, 0.2) is 48.8 Å². The fraction of sp³-hybridized carbons (Fsp3) is 0.464. The van der Waals surface area contributed by atoms with Gasteiger partial charge in [0.2, 0.25) is 0 Å². The minimum absolute atomic E-state index is 0.000171. The first kappa shape index (κ1) is 26.9. The third-order valence-electron chi connectivity index (χ3n) is 8.41. The van der Waals surface area contributed by atoms with Gasteiger partial charge in [0.1, 0.15) is 6.33 Å². The first-order chi connectivity index (χ1) is 19.0. The largest absolute Gasteiger partial charge is 0.416 e. The van der Waals surface area contributed by atoms with Crippen LogP contribution in [-0.4, -0.2) is 70.1 Å². The second kappa shape index (κ2) is 9.35. The summed E-state index contributed by atoms with van der Waals surface area (Å²) in [4.78, 5) is 17.1. The Morgan fingerprint density at radius 2 is 1.90 bits per heavy atom. The Bertz CT molecular complexity index is 1450. The number of aromatic nitrogens is 3. The molecule has 0 radical (unpaired) electrons. The average molecular weight is 560 g/mol. The molecule has 1 unspecified atom stereocenters. The number of aryl methyl sites for hydroxylation is 1. The lowest BCUT2D eigenvalue weighted by molar-refractivity contribution is -0.138. The number of aliphatic hydroxyl groups is 1. The fourth-order valence-corrected chi connectivity index (χ4v) is 6.25. The number of carbonyl (C=O) groups is 1. The van der Waals surface area contributed by atoms with E-state index in [-0.39, 0.29) is 48.7 Å². The highest BCUT2D eigenvalue weighted by molar-refractivity contribution is 6.11. The van der Waals surface area contributed by atoms with Crippen molar-refractivity contribution in [1.82, 2.24) is 19.7 Å². The molecule has 0 aliphatic carbocycles. The molecule has 4 heterocycles. The molecule has 40 heavy (non-hydrogen) atoms. The van der Waals surface area contributed by atoms with Gasteiger partial charge in [-0.1, -0.05) is 25.1 Å². The Labute approximate surface area is 228 Å². The van der Waals surface area contributed by atoms with E-state index < -0.39 is 35.3 Å². The number of ether oxygens (including phenoxy) is 1. The summed E-state index contributed by atoms with van der Waals surface area (Å²) in [5.74, 6) is -0.409. The van der Waals surface area contributed by atoms with E-state index in [2.05, 4.69) is 10.2 Å². The molecule has 8 nitrogen and oxygen atoms in total. The van der Waals surface area contributed by atoms with Crippen molar-refractivity contribution >= 4 is 11.6 Å². The van der Waals surface area contributed by atoms with Crippen molar-refractivity contribution in [3.05, 3.63) is 76.9 Å². The summed E-state index contributed by atoms with van der Waals surface area (Å²) in [6, 6.07) is 9.49. The molecule has 212 valence electrons. The number of carbonyl (C=O) groups excluding carboxylic acids is 1. The number of amides is 1. The first-order valence-electron chi connectivity index (χ1n) is 13.0. The van der Waals surface area contributed by atoms with Crippen LogP contribution in [0.25, 0.3) is 0 Å². The number of aliphatic hydroxyl groups excluding tert-OH is 1. The maximum atomic E-state index is 16.0. The third kappa shape index (κ3) is 4.11. The molecule has 2 saturated heterocycles. The number of nitrogens with zero attached hydrogens (tertiary/aromatic N) is 5. The lowest BCUT2D eigenvalue weighted by atomic mass is 9.74. The van der Waals surface area contributed by atoms with Gasteiger partial charge in [0.25, 0.3) is 5.91 Å². The number of rotatable bonds is 7. The van der Waals surface area contributed by atoms with Gasteiger partial charge in [-0.25, -0.2) is 4.39 Å². The number of anilines is 1. The second-order valence-corrected chi connectivity index (χ2v) is 11.5. The minimum atomic E-state index is -4.65. The maximum absolute atomic E-state index is 16.0. The normalized spacial score (nSPS) is 22.5. The lowest BCUT2D eigenvalue weighted by Crippen LogP contribution is -2.58. The lowest BCUT2D eigenvalue weighted by Gasteiger charge is -2.48. The minimum Gasteiger partial charge on any atom is -0.396 e. The van der Waals surface area contributed by atoms with Crippen molar-refractivity contribution in [2.75, 3.05) is 44.4 Å². The monoisotopic (exact) mass is 559 g/mol. The van der Waals surface area contributed by atoms with Gasteiger partial charge in [0, 0.05) is 48.9 Å². The zero-order chi connectivity index (χ0) is 28.4. The van der Waals surface area contributed by atoms with Gasteiger partial charge in [-0.15, -0.1) is 10.2 Å². The second-order valence-electron chi connectivity index (χ2n) is 11.5. The van der Waals surface area contributed by atoms with Gasteiger partial charge < -0.3 is 14.4 Å². The van der Waals surface area contributed by atoms with Crippen molar-refractivity contribution < 1.29 is 32.2 Å². The average Bonchev–Trinajstić information content (AvgIpc) is 3.42. The van der Waals surface area contributed by atoms with E-state index in [1.54, 1.807) is 31.3 Å².